The minimum absolute atomic E-state index is 0.109. The largest absolute Gasteiger partial charge is 0.342 e. The lowest BCUT2D eigenvalue weighted by molar-refractivity contribution is -0.384. The van der Waals surface area contributed by atoms with Gasteiger partial charge in [-0.25, -0.2) is 0 Å². The third-order valence-electron chi connectivity index (χ3n) is 1.71. The van der Waals surface area contributed by atoms with Crippen LogP contribution in [0.15, 0.2) is 29.1 Å². The van der Waals surface area contributed by atoms with E-state index in [4.69, 9.17) is 11.6 Å². The van der Waals surface area contributed by atoms with Crippen LogP contribution in [0.3, 0.4) is 0 Å². The van der Waals surface area contributed by atoms with E-state index in [1.807, 2.05) is 0 Å². The average molecular weight is 226 g/mol. The van der Waals surface area contributed by atoms with E-state index in [9.17, 15) is 10.1 Å². The van der Waals surface area contributed by atoms with Gasteiger partial charge in [0.15, 0.2) is 0 Å². The summed E-state index contributed by atoms with van der Waals surface area (Å²) < 4.78 is 4.54. The van der Waals surface area contributed by atoms with Gasteiger partial charge in [-0.2, -0.15) is 4.98 Å². The van der Waals surface area contributed by atoms with E-state index >= 15 is 0 Å². The van der Waals surface area contributed by atoms with Crippen molar-refractivity contribution in [3.8, 4) is 11.4 Å². The zero-order chi connectivity index (χ0) is 10.8. The Kier molecular flexibility index (Phi) is 2.34. The third-order valence-corrected chi connectivity index (χ3v) is 1.93. The van der Waals surface area contributed by atoms with Crippen LogP contribution in [0.4, 0.5) is 5.69 Å². The van der Waals surface area contributed by atoms with E-state index in [2.05, 4.69) is 14.7 Å². The standard InChI is InChI=1S/C8H4ClN3O3/c9-6-1-5(8-10-4-15-11-8)2-7(3-6)12(13)14/h1-4H. The highest BCUT2D eigenvalue weighted by Crippen LogP contribution is 2.26. The van der Waals surface area contributed by atoms with Crippen LogP contribution in [0.2, 0.25) is 5.02 Å². The molecule has 0 aliphatic rings. The molecule has 2 rings (SSSR count). The molecule has 0 saturated heterocycles. The quantitative estimate of drug-likeness (QED) is 0.578. The van der Waals surface area contributed by atoms with Crippen LogP contribution in [0.5, 0.6) is 0 Å². The van der Waals surface area contributed by atoms with Crippen molar-refractivity contribution in [3.63, 3.8) is 0 Å². The molecule has 1 heterocycles. The molecule has 0 aliphatic carbocycles. The number of benzene rings is 1. The summed E-state index contributed by atoms with van der Waals surface area (Å²) in [7, 11) is 0. The van der Waals surface area contributed by atoms with Crippen molar-refractivity contribution in [2.24, 2.45) is 0 Å². The van der Waals surface area contributed by atoms with Crippen molar-refractivity contribution in [2.75, 3.05) is 0 Å². The molecule has 0 saturated carbocycles. The van der Waals surface area contributed by atoms with E-state index < -0.39 is 4.92 Å². The molecule has 0 N–H and O–H groups in total. The summed E-state index contributed by atoms with van der Waals surface area (Å²) in [5, 5.41) is 14.4. The molecule has 0 atom stereocenters. The van der Waals surface area contributed by atoms with E-state index in [1.54, 1.807) is 0 Å². The average Bonchev–Trinajstić information content (AvgIpc) is 2.69. The minimum atomic E-state index is -0.532. The van der Waals surface area contributed by atoms with Crippen molar-refractivity contribution in [1.82, 2.24) is 10.1 Å². The number of hydrogen-bond acceptors (Lipinski definition) is 5. The van der Waals surface area contributed by atoms with E-state index in [0.717, 1.165) is 6.39 Å². The topological polar surface area (TPSA) is 82.1 Å². The number of nitrogens with zero attached hydrogens (tertiary/aromatic N) is 3. The van der Waals surface area contributed by atoms with Crippen molar-refractivity contribution in [3.05, 3.63) is 39.7 Å². The van der Waals surface area contributed by atoms with Gasteiger partial charge in [0.2, 0.25) is 12.2 Å². The predicted molar refractivity (Wildman–Crippen MR) is 51.4 cm³/mol. The van der Waals surface area contributed by atoms with E-state index in [0.29, 0.717) is 5.56 Å². The molecule has 1 aromatic heterocycles. The zero-order valence-electron chi connectivity index (χ0n) is 7.25. The normalized spacial score (nSPS) is 10.2. The molecular formula is C8H4ClN3O3. The Bertz CT molecular complexity index is 498. The molecule has 15 heavy (non-hydrogen) atoms. The van der Waals surface area contributed by atoms with Crippen molar-refractivity contribution in [2.45, 2.75) is 0 Å². The molecule has 0 radical (unpaired) electrons. The molecule has 2 aromatic rings. The van der Waals surface area contributed by atoms with Gasteiger partial charge in [0, 0.05) is 22.7 Å². The molecule has 0 spiro atoms. The summed E-state index contributed by atoms with van der Waals surface area (Å²) >= 11 is 5.72. The highest BCUT2D eigenvalue weighted by molar-refractivity contribution is 6.31. The molecule has 0 bridgehead atoms. The number of hydrogen-bond donors (Lipinski definition) is 0. The van der Waals surface area contributed by atoms with Gasteiger partial charge >= 0.3 is 0 Å². The monoisotopic (exact) mass is 225 g/mol. The SMILES string of the molecule is O=[N+]([O-])c1cc(Cl)cc(-c2ncon2)c1. The number of halogens is 1. The first-order chi connectivity index (χ1) is 7.16. The first-order valence-corrected chi connectivity index (χ1v) is 4.26. The fraction of sp³-hybridized carbons (Fsp3) is 0. The third kappa shape index (κ3) is 1.94. The lowest BCUT2D eigenvalue weighted by Gasteiger charge is -1.96. The van der Waals surface area contributed by atoms with Crippen LogP contribution in [0, 0.1) is 10.1 Å². The minimum Gasteiger partial charge on any atom is -0.342 e. The second-order valence-corrected chi connectivity index (χ2v) is 3.15. The van der Waals surface area contributed by atoms with Gasteiger partial charge in [-0.15, -0.1) is 0 Å². The number of aromatic nitrogens is 2. The fourth-order valence-electron chi connectivity index (χ4n) is 1.11. The van der Waals surface area contributed by atoms with Gasteiger partial charge in [-0.1, -0.05) is 16.8 Å². The van der Waals surface area contributed by atoms with Gasteiger partial charge in [0.1, 0.15) is 0 Å². The Morgan fingerprint density at radius 2 is 2.20 bits per heavy atom. The van der Waals surface area contributed by atoms with Crippen molar-refractivity contribution >= 4 is 17.3 Å². The Morgan fingerprint density at radius 3 is 2.80 bits per heavy atom. The van der Waals surface area contributed by atoms with Crippen LogP contribution < -0.4 is 0 Å². The number of non-ortho nitro benzene ring substituents is 1. The maximum absolute atomic E-state index is 10.6. The molecule has 7 heteroatoms. The molecule has 0 amide bonds. The first-order valence-electron chi connectivity index (χ1n) is 3.88. The van der Waals surface area contributed by atoms with Crippen LogP contribution in [0.25, 0.3) is 11.4 Å². The zero-order valence-corrected chi connectivity index (χ0v) is 8.01. The first kappa shape index (κ1) is 9.60. The van der Waals surface area contributed by atoms with Gasteiger partial charge in [-0.3, -0.25) is 10.1 Å². The second kappa shape index (κ2) is 3.66. The van der Waals surface area contributed by atoms with Gasteiger partial charge in [0.25, 0.3) is 5.69 Å². The summed E-state index contributed by atoms with van der Waals surface area (Å²) in [6, 6.07) is 4.11. The summed E-state index contributed by atoms with van der Waals surface area (Å²) in [6.45, 7) is 0. The maximum Gasteiger partial charge on any atom is 0.271 e. The molecule has 6 nitrogen and oxygen atoms in total. The van der Waals surface area contributed by atoms with Gasteiger partial charge < -0.3 is 4.52 Å². The van der Waals surface area contributed by atoms with Crippen LogP contribution >= 0.6 is 11.6 Å². The van der Waals surface area contributed by atoms with Gasteiger partial charge in [-0.05, 0) is 6.07 Å². The summed E-state index contributed by atoms with van der Waals surface area (Å²) in [6.07, 6.45) is 1.14. The smallest absolute Gasteiger partial charge is 0.271 e. The lowest BCUT2D eigenvalue weighted by Crippen LogP contribution is -1.89. The lowest BCUT2D eigenvalue weighted by atomic mass is 10.2. The van der Waals surface area contributed by atoms with E-state index in [1.165, 1.54) is 18.2 Å². The Morgan fingerprint density at radius 1 is 1.40 bits per heavy atom. The number of rotatable bonds is 2. The summed E-state index contributed by atoms with van der Waals surface area (Å²) in [4.78, 5) is 13.8. The van der Waals surface area contributed by atoms with Crippen LogP contribution in [0.1, 0.15) is 0 Å². The number of nitro benzene ring substituents is 1. The molecule has 76 valence electrons. The Labute approximate surface area is 88.6 Å². The second-order valence-electron chi connectivity index (χ2n) is 2.71. The Hall–Kier alpha value is -1.95. The molecule has 0 unspecified atom stereocenters. The predicted octanol–water partition coefficient (Wildman–Crippen LogP) is 2.30. The Balaban J connectivity index is 2.54. The van der Waals surface area contributed by atoms with Crippen LogP contribution in [-0.2, 0) is 0 Å². The number of nitro groups is 1. The highest BCUT2D eigenvalue weighted by atomic mass is 35.5. The van der Waals surface area contributed by atoms with E-state index in [-0.39, 0.29) is 16.5 Å². The summed E-state index contributed by atoms with van der Waals surface area (Å²) in [5.41, 5.74) is 0.338. The molecule has 0 fully saturated rings. The highest BCUT2D eigenvalue weighted by Gasteiger charge is 2.12. The molecule has 1 aromatic carbocycles. The molecular weight excluding hydrogens is 222 g/mol. The van der Waals surface area contributed by atoms with Crippen molar-refractivity contribution < 1.29 is 9.45 Å². The summed E-state index contributed by atoms with van der Waals surface area (Å²) in [5.74, 6) is 0.264. The van der Waals surface area contributed by atoms with Crippen LogP contribution in [-0.4, -0.2) is 15.1 Å². The van der Waals surface area contributed by atoms with Crippen molar-refractivity contribution in [1.29, 1.82) is 0 Å². The van der Waals surface area contributed by atoms with Gasteiger partial charge in [0.05, 0.1) is 4.92 Å². The fourth-order valence-corrected chi connectivity index (χ4v) is 1.34. The maximum atomic E-state index is 10.6. The molecule has 0 aliphatic heterocycles.